The molecule has 1 fully saturated rings. The molecule has 1 aliphatic rings. The van der Waals surface area contributed by atoms with Crippen LogP contribution in [0.5, 0.6) is 0 Å². The third kappa shape index (κ3) is 2.12. The minimum absolute atomic E-state index is 0.0251. The van der Waals surface area contributed by atoms with Crippen LogP contribution in [0.3, 0.4) is 0 Å². The molecule has 4 nitrogen and oxygen atoms in total. The molecule has 0 unspecified atom stereocenters. The second-order valence-electron chi connectivity index (χ2n) is 4.89. The van der Waals surface area contributed by atoms with Gasteiger partial charge in [0.05, 0.1) is 5.56 Å². The first-order valence-electron chi connectivity index (χ1n) is 6.19. The fourth-order valence-corrected chi connectivity index (χ4v) is 2.51. The van der Waals surface area contributed by atoms with Crippen LogP contribution in [0.25, 0.3) is 11.1 Å². The Kier molecular flexibility index (Phi) is 2.82. The summed E-state index contributed by atoms with van der Waals surface area (Å²) in [4.78, 5) is 26.8. The van der Waals surface area contributed by atoms with E-state index in [2.05, 4.69) is 4.98 Å². The van der Waals surface area contributed by atoms with E-state index in [4.69, 9.17) is 11.6 Å². The Morgan fingerprint density at radius 3 is 2.68 bits per heavy atom. The molecule has 2 aromatic rings. The van der Waals surface area contributed by atoms with E-state index in [1.165, 1.54) is 4.57 Å². The molecule has 1 heterocycles. The van der Waals surface area contributed by atoms with Crippen LogP contribution < -0.4 is 11.2 Å². The van der Waals surface area contributed by atoms with Gasteiger partial charge < -0.3 is 0 Å². The van der Waals surface area contributed by atoms with E-state index in [-0.39, 0.29) is 16.8 Å². The predicted molar refractivity (Wildman–Crippen MR) is 74.8 cm³/mol. The van der Waals surface area contributed by atoms with Gasteiger partial charge in [-0.3, -0.25) is 14.3 Å². The molecule has 19 heavy (non-hydrogen) atoms. The Hall–Kier alpha value is -1.81. The molecule has 0 amide bonds. The molecule has 0 aliphatic heterocycles. The number of aromatic nitrogens is 2. The molecule has 0 spiro atoms. The van der Waals surface area contributed by atoms with Gasteiger partial charge in [-0.2, -0.15) is 0 Å². The number of aromatic amines is 1. The Morgan fingerprint density at radius 2 is 2.05 bits per heavy atom. The molecule has 1 aromatic carbocycles. The summed E-state index contributed by atoms with van der Waals surface area (Å²) >= 11 is 6.05. The fraction of sp³-hybridized carbons (Fsp3) is 0.286. The topological polar surface area (TPSA) is 54.9 Å². The van der Waals surface area contributed by atoms with Gasteiger partial charge in [0.1, 0.15) is 5.15 Å². The van der Waals surface area contributed by atoms with E-state index in [0.29, 0.717) is 5.56 Å². The molecule has 1 saturated carbocycles. The molecule has 0 saturated heterocycles. The molecule has 0 bridgehead atoms. The number of nitrogens with one attached hydrogen (secondary N) is 1. The fourth-order valence-electron chi connectivity index (χ4n) is 2.24. The Balaban J connectivity index is 2.29. The first-order chi connectivity index (χ1) is 9.08. The second-order valence-corrected chi connectivity index (χ2v) is 5.27. The minimum Gasteiger partial charge on any atom is -0.297 e. The third-order valence-corrected chi connectivity index (χ3v) is 3.59. The quantitative estimate of drug-likeness (QED) is 0.857. The van der Waals surface area contributed by atoms with Crippen molar-refractivity contribution < 1.29 is 0 Å². The number of hydrogen-bond donors (Lipinski definition) is 1. The maximum absolute atomic E-state index is 12.5. The van der Waals surface area contributed by atoms with E-state index in [0.717, 1.165) is 24.0 Å². The molecule has 0 atom stereocenters. The molecule has 0 radical (unpaired) electrons. The summed E-state index contributed by atoms with van der Waals surface area (Å²) in [6.45, 7) is 1.95. The summed E-state index contributed by atoms with van der Waals surface area (Å²) < 4.78 is 1.28. The lowest BCUT2D eigenvalue weighted by Crippen LogP contribution is -2.35. The summed E-state index contributed by atoms with van der Waals surface area (Å²) in [5, 5.41) is 0.109. The van der Waals surface area contributed by atoms with Crippen molar-refractivity contribution >= 4 is 11.6 Å². The van der Waals surface area contributed by atoms with Crippen LogP contribution in [0.2, 0.25) is 5.15 Å². The van der Waals surface area contributed by atoms with E-state index in [1.807, 2.05) is 31.2 Å². The maximum Gasteiger partial charge on any atom is 0.329 e. The van der Waals surface area contributed by atoms with Gasteiger partial charge in [0, 0.05) is 6.04 Å². The molecular formula is C14H13ClN2O2. The van der Waals surface area contributed by atoms with Crippen LogP contribution in [-0.2, 0) is 0 Å². The Labute approximate surface area is 114 Å². The molecular weight excluding hydrogens is 264 g/mol. The van der Waals surface area contributed by atoms with Gasteiger partial charge >= 0.3 is 5.69 Å². The van der Waals surface area contributed by atoms with Gasteiger partial charge in [-0.25, -0.2) is 4.79 Å². The van der Waals surface area contributed by atoms with Crippen molar-refractivity contribution in [2.24, 2.45) is 0 Å². The summed E-state index contributed by atoms with van der Waals surface area (Å²) in [5.74, 6) is 0. The van der Waals surface area contributed by atoms with Crippen LogP contribution in [0.4, 0.5) is 0 Å². The minimum atomic E-state index is -0.422. The number of aryl methyl sites for hydroxylation is 1. The average Bonchev–Trinajstić information content (AvgIpc) is 3.12. The van der Waals surface area contributed by atoms with Crippen LogP contribution in [-0.4, -0.2) is 9.55 Å². The van der Waals surface area contributed by atoms with Crippen molar-refractivity contribution in [1.82, 2.24) is 9.55 Å². The molecule has 1 N–H and O–H groups in total. The number of halogens is 1. The third-order valence-electron chi connectivity index (χ3n) is 3.31. The van der Waals surface area contributed by atoms with E-state index in [9.17, 15) is 9.59 Å². The van der Waals surface area contributed by atoms with Crippen molar-refractivity contribution in [2.75, 3.05) is 0 Å². The summed E-state index contributed by atoms with van der Waals surface area (Å²) in [6, 6.07) is 7.55. The van der Waals surface area contributed by atoms with Crippen LogP contribution >= 0.6 is 11.6 Å². The molecule has 1 aromatic heterocycles. The highest BCUT2D eigenvalue weighted by molar-refractivity contribution is 6.32. The lowest BCUT2D eigenvalue weighted by atomic mass is 10.1. The van der Waals surface area contributed by atoms with Crippen molar-refractivity contribution in [3.05, 3.63) is 55.8 Å². The number of rotatable bonds is 2. The van der Waals surface area contributed by atoms with Gasteiger partial charge in [0.2, 0.25) is 0 Å². The van der Waals surface area contributed by atoms with Crippen molar-refractivity contribution in [3.63, 3.8) is 0 Å². The second kappa shape index (κ2) is 4.38. The summed E-state index contributed by atoms with van der Waals surface area (Å²) in [7, 11) is 0. The highest BCUT2D eigenvalue weighted by Crippen LogP contribution is 2.33. The summed E-state index contributed by atoms with van der Waals surface area (Å²) in [5.41, 5.74) is 1.42. The van der Waals surface area contributed by atoms with Gasteiger partial charge in [-0.15, -0.1) is 0 Å². The standard InChI is InChI=1S/C14H13ClN2O2/c1-8-3-2-4-9(7-8)11-12(15)16-14(19)17(13(11)18)10-5-6-10/h2-4,7,10H,5-6H2,1H3,(H,16,19). The average molecular weight is 277 g/mol. The molecule has 1 aliphatic carbocycles. The molecule has 5 heteroatoms. The van der Waals surface area contributed by atoms with Crippen LogP contribution in [0.1, 0.15) is 24.4 Å². The van der Waals surface area contributed by atoms with Gasteiger partial charge in [-0.05, 0) is 25.3 Å². The first kappa shape index (κ1) is 12.2. The van der Waals surface area contributed by atoms with Crippen molar-refractivity contribution in [2.45, 2.75) is 25.8 Å². The van der Waals surface area contributed by atoms with E-state index in [1.54, 1.807) is 0 Å². The van der Waals surface area contributed by atoms with Gasteiger partial charge in [0.25, 0.3) is 5.56 Å². The lowest BCUT2D eigenvalue weighted by Gasteiger charge is -2.08. The highest BCUT2D eigenvalue weighted by atomic mass is 35.5. The summed E-state index contributed by atoms with van der Waals surface area (Å²) in [6.07, 6.45) is 1.75. The number of benzene rings is 1. The predicted octanol–water partition coefficient (Wildman–Crippen LogP) is 2.50. The maximum atomic E-state index is 12.5. The zero-order valence-corrected chi connectivity index (χ0v) is 11.2. The zero-order valence-electron chi connectivity index (χ0n) is 10.4. The zero-order chi connectivity index (χ0) is 13.6. The largest absolute Gasteiger partial charge is 0.329 e. The normalized spacial score (nSPS) is 14.6. The van der Waals surface area contributed by atoms with Crippen LogP contribution in [0, 0.1) is 6.92 Å². The van der Waals surface area contributed by atoms with Crippen molar-refractivity contribution in [3.8, 4) is 11.1 Å². The number of H-pyrrole nitrogens is 1. The highest BCUT2D eigenvalue weighted by Gasteiger charge is 2.28. The monoisotopic (exact) mass is 276 g/mol. The van der Waals surface area contributed by atoms with Crippen LogP contribution in [0.15, 0.2) is 33.9 Å². The van der Waals surface area contributed by atoms with E-state index >= 15 is 0 Å². The number of nitrogens with zero attached hydrogens (tertiary/aromatic N) is 1. The lowest BCUT2D eigenvalue weighted by molar-refractivity contribution is 0.657. The smallest absolute Gasteiger partial charge is 0.297 e. The molecule has 3 rings (SSSR count). The Bertz CT molecular complexity index is 757. The van der Waals surface area contributed by atoms with Gasteiger partial charge in [0.15, 0.2) is 0 Å². The number of hydrogen-bond acceptors (Lipinski definition) is 2. The first-order valence-corrected chi connectivity index (χ1v) is 6.57. The molecule has 98 valence electrons. The van der Waals surface area contributed by atoms with Crippen molar-refractivity contribution in [1.29, 1.82) is 0 Å². The Morgan fingerprint density at radius 1 is 1.32 bits per heavy atom. The SMILES string of the molecule is Cc1cccc(-c2c(Cl)[nH]c(=O)n(C3CC3)c2=O)c1. The van der Waals surface area contributed by atoms with E-state index < -0.39 is 5.69 Å². The van der Waals surface area contributed by atoms with Gasteiger partial charge in [-0.1, -0.05) is 41.4 Å².